The van der Waals surface area contributed by atoms with Crippen molar-refractivity contribution in [2.45, 2.75) is 13.0 Å². The van der Waals surface area contributed by atoms with Gasteiger partial charge in [0.2, 0.25) is 6.79 Å². The highest BCUT2D eigenvalue weighted by atomic mass is 35.5. The molecule has 0 saturated carbocycles. The number of hydrogen-bond donors (Lipinski definition) is 2. The van der Waals surface area contributed by atoms with E-state index in [1.54, 1.807) is 0 Å². The predicted octanol–water partition coefficient (Wildman–Crippen LogP) is 4.12. The molecule has 1 atom stereocenters. The quantitative estimate of drug-likeness (QED) is 0.827. The molecule has 114 valence electrons. The van der Waals surface area contributed by atoms with E-state index in [1.807, 2.05) is 49.4 Å². The molecule has 2 N–H and O–H groups in total. The van der Waals surface area contributed by atoms with Crippen LogP contribution in [0.3, 0.4) is 0 Å². The van der Waals surface area contributed by atoms with Crippen LogP contribution in [0.4, 0.5) is 5.69 Å². The number of anilines is 1. The van der Waals surface area contributed by atoms with Crippen molar-refractivity contribution in [3.05, 3.63) is 53.1 Å². The van der Waals surface area contributed by atoms with Gasteiger partial charge in [-0.3, -0.25) is 0 Å². The molecule has 0 fully saturated rings. The van der Waals surface area contributed by atoms with Gasteiger partial charge in [0.05, 0.1) is 6.04 Å². The van der Waals surface area contributed by atoms with Crippen molar-refractivity contribution in [1.82, 2.24) is 5.32 Å². The molecule has 1 unspecified atom stereocenters. The van der Waals surface area contributed by atoms with Crippen LogP contribution < -0.4 is 20.1 Å². The van der Waals surface area contributed by atoms with Gasteiger partial charge in [0.15, 0.2) is 16.6 Å². The molecular weight excluding hydrogens is 320 g/mol. The molecule has 3 rings (SSSR count). The number of benzene rings is 2. The van der Waals surface area contributed by atoms with Crippen LogP contribution in [0.1, 0.15) is 18.5 Å². The monoisotopic (exact) mass is 334 g/mol. The van der Waals surface area contributed by atoms with Crippen LogP contribution in [0.15, 0.2) is 42.5 Å². The second kappa shape index (κ2) is 6.42. The lowest BCUT2D eigenvalue weighted by atomic mass is 10.1. The van der Waals surface area contributed by atoms with E-state index in [1.165, 1.54) is 0 Å². The van der Waals surface area contributed by atoms with Gasteiger partial charge in [0, 0.05) is 10.7 Å². The fourth-order valence-electron chi connectivity index (χ4n) is 2.20. The van der Waals surface area contributed by atoms with E-state index < -0.39 is 0 Å². The first-order valence-corrected chi connectivity index (χ1v) is 7.63. The Morgan fingerprint density at radius 3 is 2.82 bits per heavy atom. The molecule has 0 spiro atoms. The highest BCUT2D eigenvalue weighted by Crippen LogP contribution is 2.34. The van der Waals surface area contributed by atoms with Crippen LogP contribution in [-0.2, 0) is 0 Å². The maximum atomic E-state index is 5.95. The second-order valence-corrected chi connectivity index (χ2v) is 5.79. The Balaban J connectivity index is 1.63. The zero-order valence-electron chi connectivity index (χ0n) is 11.9. The van der Waals surface area contributed by atoms with Gasteiger partial charge < -0.3 is 20.1 Å². The van der Waals surface area contributed by atoms with Crippen molar-refractivity contribution in [3.8, 4) is 11.5 Å². The van der Waals surface area contributed by atoms with Crippen molar-refractivity contribution in [2.24, 2.45) is 0 Å². The molecule has 4 nitrogen and oxygen atoms in total. The summed E-state index contributed by atoms with van der Waals surface area (Å²) >= 11 is 11.3. The molecule has 22 heavy (non-hydrogen) atoms. The lowest BCUT2D eigenvalue weighted by Gasteiger charge is -2.17. The number of rotatable bonds is 3. The minimum Gasteiger partial charge on any atom is -0.454 e. The van der Waals surface area contributed by atoms with E-state index >= 15 is 0 Å². The summed E-state index contributed by atoms with van der Waals surface area (Å²) < 4.78 is 10.7. The molecule has 2 aromatic carbocycles. The summed E-state index contributed by atoms with van der Waals surface area (Å²) in [6.07, 6.45) is 0. The maximum Gasteiger partial charge on any atom is 0.231 e. The molecule has 0 aliphatic carbocycles. The molecule has 0 amide bonds. The van der Waals surface area contributed by atoms with Crippen LogP contribution in [0.25, 0.3) is 0 Å². The third-order valence-electron chi connectivity index (χ3n) is 3.33. The Morgan fingerprint density at radius 1 is 1.18 bits per heavy atom. The Kier molecular flexibility index (Phi) is 4.36. The lowest BCUT2D eigenvalue weighted by Crippen LogP contribution is -2.30. The number of nitrogens with one attached hydrogen (secondary N) is 2. The van der Waals surface area contributed by atoms with E-state index in [0.717, 1.165) is 22.7 Å². The first-order valence-electron chi connectivity index (χ1n) is 6.84. The first kappa shape index (κ1) is 14.9. The Morgan fingerprint density at radius 2 is 2.00 bits per heavy atom. The molecular formula is C16H15ClN2O2S. The zero-order valence-corrected chi connectivity index (χ0v) is 13.5. The standard InChI is InChI=1S/C16H15ClN2O2S/c1-10(11-5-6-14-15(7-11)21-9-20-14)18-16(22)19-13-4-2-3-12(17)8-13/h2-8,10H,9H2,1H3,(H2,18,19,22). The fourth-order valence-corrected chi connectivity index (χ4v) is 2.68. The minimum atomic E-state index is 0.0358. The molecule has 1 aliphatic heterocycles. The van der Waals surface area contributed by atoms with Crippen LogP contribution in [0.5, 0.6) is 11.5 Å². The van der Waals surface area contributed by atoms with Crippen LogP contribution in [0, 0.1) is 0 Å². The van der Waals surface area contributed by atoms with Crippen molar-refractivity contribution in [3.63, 3.8) is 0 Å². The number of hydrogen-bond acceptors (Lipinski definition) is 3. The van der Waals surface area contributed by atoms with Crippen molar-refractivity contribution in [1.29, 1.82) is 0 Å². The van der Waals surface area contributed by atoms with Gasteiger partial charge in [-0.1, -0.05) is 23.7 Å². The van der Waals surface area contributed by atoms with E-state index in [9.17, 15) is 0 Å². The summed E-state index contributed by atoms with van der Waals surface area (Å²) in [4.78, 5) is 0. The summed E-state index contributed by atoms with van der Waals surface area (Å²) in [6, 6.07) is 13.3. The number of fused-ring (bicyclic) bond motifs is 1. The molecule has 0 radical (unpaired) electrons. The van der Waals surface area contributed by atoms with Gasteiger partial charge in [0.1, 0.15) is 0 Å². The first-order chi connectivity index (χ1) is 10.6. The number of thiocarbonyl (C=S) groups is 1. The van der Waals surface area contributed by atoms with E-state index in [0.29, 0.717) is 10.1 Å². The fraction of sp³-hybridized carbons (Fsp3) is 0.188. The van der Waals surface area contributed by atoms with Gasteiger partial charge in [-0.15, -0.1) is 0 Å². The van der Waals surface area contributed by atoms with E-state index in [4.69, 9.17) is 33.3 Å². The minimum absolute atomic E-state index is 0.0358. The van der Waals surface area contributed by atoms with Crippen molar-refractivity contribution >= 4 is 34.6 Å². The Bertz CT molecular complexity index is 708. The van der Waals surface area contributed by atoms with Crippen molar-refractivity contribution in [2.75, 3.05) is 12.1 Å². The average Bonchev–Trinajstić information content (AvgIpc) is 2.94. The normalized spacial score (nSPS) is 13.5. The Labute approximate surface area is 139 Å². The second-order valence-electron chi connectivity index (χ2n) is 4.94. The van der Waals surface area contributed by atoms with Crippen LogP contribution in [-0.4, -0.2) is 11.9 Å². The lowest BCUT2D eigenvalue weighted by molar-refractivity contribution is 0.174. The van der Waals surface area contributed by atoms with Crippen LogP contribution in [0.2, 0.25) is 5.02 Å². The number of halogens is 1. The molecule has 0 aromatic heterocycles. The molecule has 1 aliphatic rings. The summed E-state index contributed by atoms with van der Waals surface area (Å²) in [6.45, 7) is 2.30. The van der Waals surface area contributed by atoms with Gasteiger partial charge in [-0.2, -0.15) is 0 Å². The zero-order chi connectivity index (χ0) is 15.5. The van der Waals surface area contributed by atoms with Crippen molar-refractivity contribution < 1.29 is 9.47 Å². The summed E-state index contributed by atoms with van der Waals surface area (Å²) in [5.74, 6) is 1.54. The average molecular weight is 335 g/mol. The van der Waals surface area contributed by atoms with E-state index in [2.05, 4.69) is 10.6 Å². The third kappa shape index (κ3) is 3.43. The van der Waals surface area contributed by atoms with Gasteiger partial charge >= 0.3 is 0 Å². The van der Waals surface area contributed by atoms with Gasteiger partial charge in [-0.25, -0.2) is 0 Å². The number of ether oxygens (including phenoxy) is 2. The molecule has 0 bridgehead atoms. The molecule has 1 heterocycles. The summed E-state index contributed by atoms with van der Waals surface area (Å²) in [5.41, 5.74) is 1.92. The largest absolute Gasteiger partial charge is 0.454 e. The highest BCUT2D eigenvalue weighted by molar-refractivity contribution is 7.80. The predicted molar refractivity (Wildman–Crippen MR) is 91.8 cm³/mol. The van der Waals surface area contributed by atoms with Gasteiger partial charge in [0.25, 0.3) is 0 Å². The smallest absolute Gasteiger partial charge is 0.231 e. The summed E-state index contributed by atoms with van der Waals surface area (Å²) in [7, 11) is 0. The highest BCUT2D eigenvalue weighted by Gasteiger charge is 2.16. The third-order valence-corrected chi connectivity index (χ3v) is 3.78. The molecule has 0 saturated heterocycles. The SMILES string of the molecule is CC(NC(=S)Nc1cccc(Cl)c1)c1ccc2c(c1)OCO2. The maximum absolute atomic E-state index is 5.95. The molecule has 2 aromatic rings. The Hall–Kier alpha value is -1.98. The van der Waals surface area contributed by atoms with E-state index in [-0.39, 0.29) is 12.8 Å². The molecule has 6 heteroatoms. The summed E-state index contributed by atoms with van der Waals surface area (Å²) in [5, 5.41) is 7.55. The topological polar surface area (TPSA) is 42.5 Å². The van der Waals surface area contributed by atoms with Crippen LogP contribution >= 0.6 is 23.8 Å². The van der Waals surface area contributed by atoms with Gasteiger partial charge in [-0.05, 0) is 55.0 Å².